The van der Waals surface area contributed by atoms with Crippen molar-refractivity contribution in [2.45, 2.75) is 58.0 Å². The molecule has 0 aromatic rings. The van der Waals surface area contributed by atoms with Crippen LogP contribution in [0.15, 0.2) is 0 Å². The molecular weight excluding hydrogens is 136 g/mol. The molecule has 0 aliphatic rings. The van der Waals surface area contributed by atoms with Gasteiger partial charge in [0, 0.05) is 9.52 Å². The van der Waals surface area contributed by atoms with Crippen LogP contribution in [0.25, 0.3) is 0 Å². The summed E-state index contributed by atoms with van der Waals surface area (Å²) in [6.45, 7) is 9.45. The van der Waals surface area contributed by atoms with Crippen molar-refractivity contribution in [3.8, 4) is 0 Å². The Morgan fingerprint density at radius 3 is 2.20 bits per heavy atom. The number of rotatable bonds is 5. The van der Waals surface area contributed by atoms with Gasteiger partial charge in [-0.15, -0.1) is 0 Å². The van der Waals surface area contributed by atoms with Gasteiger partial charge in [-0.1, -0.05) is 53.0 Å². The number of unbranched alkanes of at least 4 members (excludes halogenated alkanes) is 1. The minimum absolute atomic E-state index is 0.228. The minimum atomic E-state index is 0.228. The maximum Gasteiger partial charge on any atom is 0.0263 e. The molecular formula is C9H22Si. The van der Waals surface area contributed by atoms with Gasteiger partial charge >= 0.3 is 0 Å². The first-order valence-electron chi connectivity index (χ1n) is 4.62. The standard InChI is InChI=1S/C9H22Si/c1-5-7-8-10-9(3,4)6-2/h5-8,10H2,1-4H3. The van der Waals surface area contributed by atoms with Crippen LogP contribution in [0.5, 0.6) is 0 Å². The first kappa shape index (κ1) is 10.2. The van der Waals surface area contributed by atoms with Crippen molar-refractivity contribution in [2.75, 3.05) is 0 Å². The SMILES string of the molecule is CCCC[SiH2]C(C)(C)CC. The second-order valence-corrected chi connectivity index (χ2v) is 7.10. The van der Waals surface area contributed by atoms with Gasteiger partial charge in [-0.05, 0) is 5.04 Å². The topological polar surface area (TPSA) is 0 Å². The fourth-order valence-electron chi connectivity index (χ4n) is 1.03. The van der Waals surface area contributed by atoms with Crippen molar-refractivity contribution in [1.82, 2.24) is 0 Å². The maximum absolute atomic E-state index is 2.43. The van der Waals surface area contributed by atoms with Gasteiger partial charge in [0.1, 0.15) is 0 Å². The van der Waals surface area contributed by atoms with Crippen molar-refractivity contribution in [2.24, 2.45) is 0 Å². The van der Waals surface area contributed by atoms with Crippen molar-refractivity contribution in [3.63, 3.8) is 0 Å². The summed E-state index contributed by atoms with van der Waals surface area (Å²) in [5, 5.41) is 0.731. The summed E-state index contributed by atoms with van der Waals surface area (Å²) in [6, 6.07) is 1.55. The van der Waals surface area contributed by atoms with Crippen LogP contribution in [0, 0.1) is 0 Å². The van der Waals surface area contributed by atoms with Crippen LogP contribution in [0.1, 0.15) is 47.0 Å². The van der Waals surface area contributed by atoms with E-state index in [0.29, 0.717) is 0 Å². The lowest BCUT2D eigenvalue weighted by Crippen LogP contribution is -2.10. The second-order valence-electron chi connectivity index (χ2n) is 3.97. The molecule has 0 bridgehead atoms. The van der Waals surface area contributed by atoms with Gasteiger partial charge in [0.2, 0.25) is 0 Å². The molecule has 0 N–H and O–H groups in total. The van der Waals surface area contributed by atoms with E-state index in [2.05, 4.69) is 27.7 Å². The third-order valence-corrected chi connectivity index (χ3v) is 5.12. The highest BCUT2D eigenvalue weighted by atomic mass is 28.2. The Morgan fingerprint density at radius 2 is 1.80 bits per heavy atom. The normalized spacial score (nSPS) is 13.2. The molecule has 0 aromatic carbocycles. The van der Waals surface area contributed by atoms with E-state index in [4.69, 9.17) is 0 Å². The van der Waals surface area contributed by atoms with Gasteiger partial charge in [0.05, 0.1) is 0 Å². The minimum Gasteiger partial charge on any atom is -0.0654 e. The van der Waals surface area contributed by atoms with Crippen LogP contribution in [0.2, 0.25) is 11.1 Å². The highest BCUT2D eigenvalue weighted by molar-refractivity contribution is 6.39. The van der Waals surface area contributed by atoms with Crippen LogP contribution in [0.3, 0.4) is 0 Å². The monoisotopic (exact) mass is 158 g/mol. The molecule has 1 heteroatoms. The molecule has 0 saturated carbocycles. The van der Waals surface area contributed by atoms with E-state index in [1.54, 1.807) is 6.04 Å². The van der Waals surface area contributed by atoms with E-state index in [1.807, 2.05) is 0 Å². The van der Waals surface area contributed by atoms with Crippen LogP contribution in [0.4, 0.5) is 0 Å². The average molecular weight is 158 g/mol. The Morgan fingerprint density at radius 1 is 1.20 bits per heavy atom. The lowest BCUT2D eigenvalue weighted by molar-refractivity contribution is 0.637. The largest absolute Gasteiger partial charge is 0.0654 e. The Bertz CT molecular complexity index is 76.8. The quantitative estimate of drug-likeness (QED) is 0.426. The van der Waals surface area contributed by atoms with Crippen molar-refractivity contribution < 1.29 is 0 Å². The van der Waals surface area contributed by atoms with Crippen molar-refractivity contribution in [3.05, 3.63) is 0 Å². The molecule has 0 fully saturated rings. The van der Waals surface area contributed by atoms with E-state index < -0.39 is 0 Å². The fraction of sp³-hybridized carbons (Fsp3) is 1.00. The lowest BCUT2D eigenvalue weighted by Gasteiger charge is -2.21. The Hall–Kier alpha value is 0.217. The predicted molar refractivity (Wildman–Crippen MR) is 52.6 cm³/mol. The summed E-state index contributed by atoms with van der Waals surface area (Å²) < 4.78 is 0. The molecule has 0 unspecified atom stereocenters. The number of hydrogen-bond donors (Lipinski definition) is 0. The third-order valence-electron chi connectivity index (χ3n) is 2.41. The van der Waals surface area contributed by atoms with Crippen LogP contribution in [-0.2, 0) is 0 Å². The molecule has 0 amide bonds. The van der Waals surface area contributed by atoms with Crippen LogP contribution >= 0.6 is 0 Å². The third kappa shape index (κ3) is 5.04. The lowest BCUT2D eigenvalue weighted by atomic mass is 10.1. The van der Waals surface area contributed by atoms with E-state index in [9.17, 15) is 0 Å². The first-order chi connectivity index (χ1) is 4.62. The molecule has 0 aliphatic carbocycles. The molecule has 0 heterocycles. The Labute approximate surface area is 68.2 Å². The summed E-state index contributed by atoms with van der Waals surface area (Å²) in [7, 11) is 0.228. The van der Waals surface area contributed by atoms with Crippen LogP contribution < -0.4 is 0 Å². The van der Waals surface area contributed by atoms with E-state index in [-0.39, 0.29) is 9.52 Å². The second kappa shape index (κ2) is 4.95. The van der Waals surface area contributed by atoms with Gasteiger partial charge in [-0.3, -0.25) is 0 Å². The van der Waals surface area contributed by atoms with E-state index in [0.717, 1.165) is 5.04 Å². The molecule has 0 aliphatic heterocycles. The summed E-state index contributed by atoms with van der Waals surface area (Å²) in [5.74, 6) is 0. The van der Waals surface area contributed by atoms with E-state index >= 15 is 0 Å². The molecule has 0 spiro atoms. The highest BCUT2D eigenvalue weighted by Gasteiger charge is 2.13. The zero-order valence-electron chi connectivity index (χ0n) is 8.04. The van der Waals surface area contributed by atoms with Gasteiger partial charge < -0.3 is 0 Å². The molecule has 0 radical (unpaired) electrons. The van der Waals surface area contributed by atoms with Crippen LogP contribution in [-0.4, -0.2) is 9.52 Å². The molecule has 0 saturated heterocycles. The molecule has 62 valence electrons. The van der Waals surface area contributed by atoms with E-state index in [1.165, 1.54) is 19.3 Å². The maximum atomic E-state index is 2.43. The van der Waals surface area contributed by atoms with Crippen molar-refractivity contribution in [1.29, 1.82) is 0 Å². The van der Waals surface area contributed by atoms with Gasteiger partial charge in [-0.2, -0.15) is 0 Å². The zero-order chi connectivity index (χ0) is 8.04. The number of hydrogen-bond acceptors (Lipinski definition) is 0. The first-order valence-corrected chi connectivity index (χ1v) is 6.33. The average Bonchev–Trinajstić information content (AvgIpc) is 1.89. The Kier molecular flexibility index (Phi) is 5.05. The van der Waals surface area contributed by atoms with Crippen molar-refractivity contribution >= 4 is 9.52 Å². The Balaban J connectivity index is 3.28. The van der Waals surface area contributed by atoms with Gasteiger partial charge in [-0.25, -0.2) is 0 Å². The summed E-state index contributed by atoms with van der Waals surface area (Å²) in [6.07, 6.45) is 4.23. The predicted octanol–water partition coefficient (Wildman–Crippen LogP) is 2.98. The molecule has 10 heavy (non-hydrogen) atoms. The smallest absolute Gasteiger partial charge is 0.0263 e. The zero-order valence-corrected chi connectivity index (χ0v) is 9.45. The highest BCUT2D eigenvalue weighted by Crippen LogP contribution is 2.28. The van der Waals surface area contributed by atoms with Gasteiger partial charge in [0.15, 0.2) is 0 Å². The molecule has 0 nitrogen and oxygen atoms in total. The molecule has 0 aromatic heterocycles. The molecule has 0 rings (SSSR count). The molecule has 0 atom stereocenters. The summed E-state index contributed by atoms with van der Waals surface area (Å²) in [4.78, 5) is 0. The summed E-state index contributed by atoms with van der Waals surface area (Å²) >= 11 is 0. The van der Waals surface area contributed by atoms with Gasteiger partial charge in [0.25, 0.3) is 0 Å². The fourth-order valence-corrected chi connectivity index (χ4v) is 3.09. The summed E-state index contributed by atoms with van der Waals surface area (Å²) in [5.41, 5.74) is 0.